The summed E-state index contributed by atoms with van der Waals surface area (Å²) in [4.78, 5) is 18.6. The second-order valence-electron chi connectivity index (χ2n) is 3.78. The smallest absolute Gasteiger partial charge is 0.270 e. The molecular formula is C12H8N4O2. The van der Waals surface area contributed by atoms with E-state index >= 15 is 0 Å². The van der Waals surface area contributed by atoms with Gasteiger partial charge in [-0.15, -0.1) is 0 Å². The van der Waals surface area contributed by atoms with Crippen molar-refractivity contribution in [1.82, 2.24) is 14.4 Å². The van der Waals surface area contributed by atoms with Crippen LogP contribution in [0.3, 0.4) is 0 Å². The van der Waals surface area contributed by atoms with Gasteiger partial charge in [-0.05, 0) is 0 Å². The van der Waals surface area contributed by atoms with E-state index in [-0.39, 0.29) is 5.69 Å². The van der Waals surface area contributed by atoms with E-state index in [1.54, 1.807) is 30.7 Å². The highest BCUT2D eigenvalue weighted by atomic mass is 16.6. The van der Waals surface area contributed by atoms with Crippen LogP contribution in [-0.2, 0) is 0 Å². The van der Waals surface area contributed by atoms with Crippen LogP contribution >= 0.6 is 0 Å². The fraction of sp³-hybridized carbons (Fsp3) is 0. The highest BCUT2D eigenvalue weighted by Gasteiger charge is 2.09. The molecule has 0 N–H and O–H groups in total. The zero-order valence-corrected chi connectivity index (χ0v) is 9.22. The molecular weight excluding hydrogens is 232 g/mol. The molecule has 0 spiro atoms. The van der Waals surface area contributed by atoms with Crippen molar-refractivity contribution in [3.8, 4) is 11.3 Å². The Labute approximate surface area is 102 Å². The lowest BCUT2D eigenvalue weighted by Crippen LogP contribution is -1.87. The van der Waals surface area contributed by atoms with E-state index in [1.807, 2.05) is 10.6 Å². The Bertz CT molecular complexity index is 703. The van der Waals surface area contributed by atoms with Crippen molar-refractivity contribution in [2.24, 2.45) is 0 Å². The number of nitro groups is 1. The fourth-order valence-electron chi connectivity index (χ4n) is 1.76. The summed E-state index contributed by atoms with van der Waals surface area (Å²) < 4.78 is 1.82. The number of benzene rings is 1. The molecule has 1 aromatic carbocycles. The number of nitro benzene ring substituents is 1. The lowest BCUT2D eigenvalue weighted by Gasteiger charge is -1.95. The van der Waals surface area contributed by atoms with Crippen molar-refractivity contribution in [1.29, 1.82) is 0 Å². The van der Waals surface area contributed by atoms with Crippen molar-refractivity contribution < 1.29 is 4.92 Å². The number of non-ortho nitro benzene ring substituents is 1. The molecule has 2 aromatic heterocycles. The highest BCUT2D eigenvalue weighted by Crippen LogP contribution is 2.23. The van der Waals surface area contributed by atoms with Gasteiger partial charge in [-0.1, -0.05) is 12.1 Å². The molecule has 0 radical (unpaired) electrons. The summed E-state index contributed by atoms with van der Waals surface area (Å²) in [5, 5.41) is 10.7. The Morgan fingerprint density at radius 2 is 2.22 bits per heavy atom. The van der Waals surface area contributed by atoms with E-state index in [0.717, 1.165) is 0 Å². The third kappa shape index (κ3) is 1.69. The van der Waals surface area contributed by atoms with Gasteiger partial charge in [0, 0.05) is 36.3 Å². The number of fused-ring (bicyclic) bond motifs is 1. The molecule has 0 aliphatic carbocycles. The van der Waals surface area contributed by atoms with E-state index in [4.69, 9.17) is 0 Å². The third-order valence-corrected chi connectivity index (χ3v) is 2.62. The second kappa shape index (κ2) is 3.92. The van der Waals surface area contributed by atoms with Crippen LogP contribution in [0, 0.1) is 10.1 Å². The predicted molar refractivity (Wildman–Crippen MR) is 65.1 cm³/mol. The maximum Gasteiger partial charge on any atom is 0.270 e. The molecule has 3 aromatic rings. The van der Waals surface area contributed by atoms with Gasteiger partial charge >= 0.3 is 0 Å². The summed E-state index contributed by atoms with van der Waals surface area (Å²) in [6.07, 6.45) is 6.89. The Morgan fingerprint density at radius 1 is 1.33 bits per heavy atom. The Hall–Kier alpha value is -2.76. The first-order valence-electron chi connectivity index (χ1n) is 5.27. The minimum Gasteiger partial charge on any atom is -0.304 e. The van der Waals surface area contributed by atoms with Crippen molar-refractivity contribution in [2.45, 2.75) is 0 Å². The lowest BCUT2D eigenvalue weighted by molar-refractivity contribution is -0.384. The number of rotatable bonds is 2. The topological polar surface area (TPSA) is 73.3 Å². The van der Waals surface area contributed by atoms with E-state index < -0.39 is 4.92 Å². The minimum absolute atomic E-state index is 0.0580. The Kier molecular flexibility index (Phi) is 2.26. The largest absolute Gasteiger partial charge is 0.304 e. The molecule has 3 rings (SSSR count). The summed E-state index contributed by atoms with van der Waals surface area (Å²) in [7, 11) is 0. The molecule has 88 valence electrons. The standard InChI is InChI=1S/C12H8N4O2/c17-16(18)10-3-1-2-9(6-10)11-8-15-5-4-13-7-12(15)14-11/h1-8H. The summed E-state index contributed by atoms with van der Waals surface area (Å²) >= 11 is 0. The first-order valence-corrected chi connectivity index (χ1v) is 5.27. The van der Waals surface area contributed by atoms with Crippen molar-refractivity contribution in [2.75, 3.05) is 0 Å². The highest BCUT2D eigenvalue weighted by molar-refractivity contribution is 5.64. The first-order chi connectivity index (χ1) is 8.74. The normalized spacial score (nSPS) is 10.7. The number of imidazole rings is 1. The van der Waals surface area contributed by atoms with Gasteiger partial charge in [0.05, 0.1) is 16.8 Å². The zero-order valence-electron chi connectivity index (χ0n) is 9.22. The maximum absolute atomic E-state index is 10.7. The molecule has 6 nitrogen and oxygen atoms in total. The van der Waals surface area contributed by atoms with Crippen LogP contribution < -0.4 is 0 Å². The van der Waals surface area contributed by atoms with Crippen LogP contribution in [0.5, 0.6) is 0 Å². The maximum atomic E-state index is 10.7. The van der Waals surface area contributed by atoms with Crippen molar-refractivity contribution in [3.63, 3.8) is 0 Å². The average molecular weight is 240 g/mol. The molecule has 0 saturated carbocycles. The monoisotopic (exact) mass is 240 g/mol. The second-order valence-corrected chi connectivity index (χ2v) is 3.78. The molecule has 6 heteroatoms. The molecule has 0 aliphatic heterocycles. The number of aromatic nitrogens is 3. The van der Waals surface area contributed by atoms with Crippen LogP contribution in [0.25, 0.3) is 16.9 Å². The molecule has 18 heavy (non-hydrogen) atoms. The molecule has 0 amide bonds. The third-order valence-electron chi connectivity index (χ3n) is 2.62. The van der Waals surface area contributed by atoms with Crippen LogP contribution in [0.15, 0.2) is 49.1 Å². The molecule has 0 saturated heterocycles. The number of hydrogen-bond acceptors (Lipinski definition) is 4. The predicted octanol–water partition coefficient (Wildman–Crippen LogP) is 2.30. The van der Waals surface area contributed by atoms with E-state index in [2.05, 4.69) is 9.97 Å². The van der Waals surface area contributed by atoms with Gasteiger partial charge in [-0.3, -0.25) is 15.1 Å². The summed E-state index contributed by atoms with van der Waals surface area (Å²) in [5.41, 5.74) is 2.17. The van der Waals surface area contributed by atoms with Crippen LogP contribution in [0.2, 0.25) is 0 Å². The SMILES string of the molecule is O=[N+]([O-])c1cccc(-c2cn3ccncc3n2)c1. The van der Waals surface area contributed by atoms with Gasteiger partial charge in [-0.2, -0.15) is 0 Å². The van der Waals surface area contributed by atoms with E-state index in [1.165, 1.54) is 12.1 Å². The van der Waals surface area contributed by atoms with Gasteiger partial charge in [0.15, 0.2) is 5.65 Å². The first kappa shape index (κ1) is 10.4. The fourth-order valence-corrected chi connectivity index (χ4v) is 1.76. The summed E-state index contributed by atoms with van der Waals surface area (Å²) in [6.45, 7) is 0. The van der Waals surface area contributed by atoms with E-state index in [9.17, 15) is 10.1 Å². The lowest BCUT2D eigenvalue weighted by atomic mass is 10.1. The number of nitrogens with zero attached hydrogens (tertiary/aromatic N) is 4. The molecule has 2 heterocycles. The molecule has 0 unspecified atom stereocenters. The van der Waals surface area contributed by atoms with Crippen LogP contribution in [0.4, 0.5) is 5.69 Å². The van der Waals surface area contributed by atoms with Gasteiger partial charge in [0.25, 0.3) is 5.69 Å². The molecule has 0 aliphatic rings. The van der Waals surface area contributed by atoms with Crippen LogP contribution in [-0.4, -0.2) is 19.3 Å². The zero-order chi connectivity index (χ0) is 12.5. The quantitative estimate of drug-likeness (QED) is 0.509. The van der Waals surface area contributed by atoms with Gasteiger partial charge in [-0.25, -0.2) is 4.98 Å². The van der Waals surface area contributed by atoms with Crippen LogP contribution in [0.1, 0.15) is 0 Å². The van der Waals surface area contributed by atoms with Gasteiger partial charge < -0.3 is 4.40 Å². The molecule has 0 bridgehead atoms. The average Bonchev–Trinajstić information content (AvgIpc) is 2.82. The van der Waals surface area contributed by atoms with Crippen molar-refractivity contribution >= 4 is 11.3 Å². The van der Waals surface area contributed by atoms with Gasteiger partial charge in [0.1, 0.15) is 0 Å². The minimum atomic E-state index is -0.416. The van der Waals surface area contributed by atoms with E-state index in [0.29, 0.717) is 16.9 Å². The number of hydrogen-bond donors (Lipinski definition) is 0. The molecule has 0 fully saturated rings. The van der Waals surface area contributed by atoms with Crippen molar-refractivity contribution in [3.05, 3.63) is 59.2 Å². The van der Waals surface area contributed by atoms with Gasteiger partial charge in [0.2, 0.25) is 0 Å². The molecule has 0 atom stereocenters. The Morgan fingerprint density at radius 3 is 3.00 bits per heavy atom. The summed E-state index contributed by atoms with van der Waals surface area (Å²) in [5.74, 6) is 0. The summed E-state index contributed by atoms with van der Waals surface area (Å²) in [6, 6.07) is 6.41. The Balaban J connectivity index is 2.13.